The van der Waals surface area contributed by atoms with Gasteiger partial charge in [0.1, 0.15) is 0 Å². The van der Waals surface area contributed by atoms with E-state index in [9.17, 15) is 0 Å². The smallest absolute Gasteiger partial charge is 0.198 e. The predicted molar refractivity (Wildman–Crippen MR) is 81.9 cm³/mol. The summed E-state index contributed by atoms with van der Waals surface area (Å²) in [7, 11) is 0. The van der Waals surface area contributed by atoms with E-state index >= 15 is 0 Å². The molecule has 2 aromatic carbocycles. The molecule has 4 rings (SSSR count). The summed E-state index contributed by atoms with van der Waals surface area (Å²) in [4.78, 5) is 8.90. The molecule has 2 heterocycles. The van der Waals surface area contributed by atoms with E-state index in [-0.39, 0.29) is 0 Å². The highest BCUT2D eigenvalue weighted by atomic mass is 15.3. The maximum Gasteiger partial charge on any atom is 0.198 e. The van der Waals surface area contributed by atoms with Crippen LogP contribution in [0.3, 0.4) is 0 Å². The fraction of sp³-hybridized carbons (Fsp3) is 0.0625. The lowest BCUT2D eigenvalue weighted by atomic mass is 10.1. The lowest BCUT2D eigenvalue weighted by Gasteiger charge is -2.01. The highest BCUT2D eigenvalue weighted by Gasteiger charge is 2.11. The molecular weight excluding hydrogens is 262 g/mol. The van der Waals surface area contributed by atoms with Gasteiger partial charge >= 0.3 is 0 Å². The second-order valence-electron chi connectivity index (χ2n) is 4.91. The topological polar surface area (TPSA) is 69.1 Å². The van der Waals surface area contributed by atoms with Crippen LogP contribution in [0.4, 0.5) is 5.82 Å². The van der Waals surface area contributed by atoms with E-state index in [1.807, 2.05) is 42.5 Å². The minimum absolute atomic E-state index is 0.403. The van der Waals surface area contributed by atoms with Crippen LogP contribution in [0.1, 0.15) is 11.4 Å². The molecule has 0 saturated heterocycles. The zero-order valence-electron chi connectivity index (χ0n) is 11.3. The van der Waals surface area contributed by atoms with Crippen LogP contribution >= 0.6 is 0 Å². The Bertz CT molecular complexity index is 927. The van der Waals surface area contributed by atoms with E-state index in [0.717, 1.165) is 16.9 Å². The summed E-state index contributed by atoms with van der Waals surface area (Å²) in [6.07, 6.45) is 0.677. The fourth-order valence-corrected chi connectivity index (χ4v) is 2.46. The first kappa shape index (κ1) is 11.8. The summed E-state index contributed by atoms with van der Waals surface area (Å²) in [5, 5.41) is 4.58. The predicted octanol–water partition coefficient (Wildman–Crippen LogP) is 2.45. The number of rotatable bonds is 2. The van der Waals surface area contributed by atoms with Gasteiger partial charge in [0.15, 0.2) is 17.3 Å². The van der Waals surface area contributed by atoms with E-state index in [2.05, 4.69) is 27.2 Å². The molecule has 2 aromatic heterocycles. The van der Waals surface area contributed by atoms with E-state index < -0.39 is 0 Å². The number of anilines is 1. The number of nitrogens with zero attached hydrogens (tertiary/aromatic N) is 4. The molecule has 0 spiro atoms. The van der Waals surface area contributed by atoms with Crippen LogP contribution in [0.25, 0.3) is 16.7 Å². The van der Waals surface area contributed by atoms with Crippen LogP contribution in [-0.4, -0.2) is 19.6 Å². The summed E-state index contributed by atoms with van der Waals surface area (Å²) in [5.74, 6) is 1.14. The maximum absolute atomic E-state index is 5.99. The number of hydrogen-bond acceptors (Lipinski definition) is 4. The van der Waals surface area contributed by atoms with Crippen molar-refractivity contribution in [3.05, 3.63) is 66.0 Å². The van der Waals surface area contributed by atoms with Crippen molar-refractivity contribution in [2.24, 2.45) is 0 Å². The lowest BCUT2D eigenvalue weighted by molar-refractivity contribution is 0.923. The van der Waals surface area contributed by atoms with Crippen molar-refractivity contribution in [2.45, 2.75) is 6.42 Å². The molecule has 0 saturated carbocycles. The molecule has 21 heavy (non-hydrogen) atoms. The summed E-state index contributed by atoms with van der Waals surface area (Å²) >= 11 is 0. The van der Waals surface area contributed by atoms with Gasteiger partial charge in [-0.1, -0.05) is 42.5 Å². The lowest BCUT2D eigenvalue weighted by Crippen LogP contribution is -1.99. The second-order valence-corrected chi connectivity index (χ2v) is 4.91. The van der Waals surface area contributed by atoms with Gasteiger partial charge in [0.2, 0.25) is 0 Å². The Morgan fingerprint density at radius 2 is 1.67 bits per heavy atom. The second kappa shape index (κ2) is 4.56. The van der Waals surface area contributed by atoms with Gasteiger partial charge in [0.25, 0.3) is 0 Å². The van der Waals surface area contributed by atoms with Crippen molar-refractivity contribution in [1.29, 1.82) is 0 Å². The SMILES string of the molecule is Nc1nc2ccccc2n2nc(Cc3ccccc3)nc12. The van der Waals surface area contributed by atoms with E-state index in [1.165, 1.54) is 5.56 Å². The Morgan fingerprint density at radius 1 is 0.905 bits per heavy atom. The third-order valence-corrected chi connectivity index (χ3v) is 3.44. The van der Waals surface area contributed by atoms with E-state index in [4.69, 9.17) is 5.73 Å². The Balaban J connectivity index is 1.89. The number of nitrogens with two attached hydrogens (primary N) is 1. The van der Waals surface area contributed by atoms with Crippen molar-refractivity contribution in [1.82, 2.24) is 19.6 Å². The normalized spacial score (nSPS) is 11.2. The van der Waals surface area contributed by atoms with Crippen LogP contribution in [0.5, 0.6) is 0 Å². The molecule has 0 fully saturated rings. The molecule has 0 aliphatic rings. The molecular formula is C16H13N5. The molecule has 0 unspecified atom stereocenters. The first-order valence-electron chi connectivity index (χ1n) is 6.75. The van der Waals surface area contributed by atoms with Gasteiger partial charge < -0.3 is 5.73 Å². The zero-order valence-corrected chi connectivity index (χ0v) is 11.3. The van der Waals surface area contributed by atoms with Crippen molar-refractivity contribution >= 4 is 22.5 Å². The summed E-state index contributed by atoms with van der Waals surface area (Å²) < 4.78 is 1.77. The van der Waals surface area contributed by atoms with Gasteiger partial charge in [-0.3, -0.25) is 0 Å². The van der Waals surface area contributed by atoms with Crippen LogP contribution < -0.4 is 5.73 Å². The molecule has 2 N–H and O–H groups in total. The van der Waals surface area contributed by atoms with Crippen LogP contribution in [0.15, 0.2) is 54.6 Å². The summed E-state index contributed by atoms with van der Waals surface area (Å²) in [5.41, 5.74) is 9.50. The summed E-state index contributed by atoms with van der Waals surface area (Å²) in [6.45, 7) is 0. The largest absolute Gasteiger partial charge is 0.381 e. The number of hydrogen-bond donors (Lipinski definition) is 1. The molecule has 0 atom stereocenters. The average Bonchev–Trinajstić information content (AvgIpc) is 2.93. The minimum Gasteiger partial charge on any atom is -0.381 e. The first-order chi connectivity index (χ1) is 10.3. The van der Waals surface area contributed by atoms with Gasteiger partial charge in [0, 0.05) is 6.42 Å². The number of benzene rings is 2. The monoisotopic (exact) mass is 275 g/mol. The zero-order chi connectivity index (χ0) is 14.2. The Hall–Kier alpha value is -2.95. The van der Waals surface area contributed by atoms with Gasteiger partial charge in [-0.25, -0.2) is 14.5 Å². The Kier molecular flexibility index (Phi) is 2.57. The van der Waals surface area contributed by atoms with Crippen LogP contribution in [0.2, 0.25) is 0 Å². The molecule has 4 aromatic rings. The Labute approximate surface area is 121 Å². The van der Waals surface area contributed by atoms with E-state index in [0.29, 0.717) is 17.9 Å². The summed E-state index contributed by atoms with van der Waals surface area (Å²) in [6, 6.07) is 17.9. The number of nitrogen functional groups attached to an aromatic ring is 1. The first-order valence-corrected chi connectivity index (χ1v) is 6.75. The van der Waals surface area contributed by atoms with Crippen molar-refractivity contribution in [3.8, 4) is 0 Å². The number of aromatic nitrogens is 4. The minimum atomic E-state index is 0.403. The molecule has 0 aliphatic carbocycles. The number of para-hydroxylation sites is 2. The van der Waals surface area contributed by atoms with E-state index in [1.54, 1.807) is 4.52 Å². The fourth-order valence-electron chi connectivity index (χ4n) is 2.46. The standard InChI is InChI=1S/C16H13N5/c17-15-16-19-14(10-11-6-2-1-3-7-11)20-21(16)13-9-5-4-8-12(13)18-15/h1-9H,10H2,(H2,17,18). The van der Waals surface area contributed by atoms with Gasteiger partial charge in [0.05, 0.1) is 11.0 Å². The van der Waals surface area contributed by atoms with Crippen molar-refractivity contribution in [3.63, 3.8) is 0 Å². The molecule has 5 nitrogen and oxygen atoms in total. The van der Waals surface area contributed by atoms with Crippen LogP contribution in [0, 0.1) is 0 Å². The van der Waals surface area contributed by atoms with Gasteiger partial charge in [-0.15, -0.1) is 0 Å². The average molecular weight is 275 g/mol. The quantitative estimate of drug-likeness (QED) is 0.610. The van der Waals surface area contributed by atoms with Gasteiger partial charge in [-0.05, 0) is 17.7 Å². The molecule has 5 heteroatoms. The molecule has 102 valence electrons. The van der Waals surface area contributed by atoms with Crippen LogP contribution in [-0.2, 0) is 6.42 Å². The molecule has 0 bridgehead atoms. The Morgan fingerprint density at radius 3 is 2.52 bits per heavy atom. The molecule has 0 amide bonds. The molecule has 0 radical (unpaired) electrons. The highest BCUT2D eigenvalue weighted by molar-refractivity contribution is 5.81. The number of fused-ring (bicyclic) bond motifs is 3. The maximum atomic E-state index is 5.99. The third-order valence-electron chi connectivity index (χ3n) is 3.44. The third kappa shape index (κ3) is 1.99. The van der Waals surface area contributed by atoms with Crippen molar-refractivity contribution in [2.75, 3.05) is 5.73 Å². The highest BCUT2D eigenvalue weighted by Crippen LogP contribution is 2.18. The van der Waals surface area contributed by atoms with Gasteiger partial charge in [-0.2, -0.15) is 5.10 Å². The van der Waals surface area contributed by atoms with Crippen molar-refractivity contribution < 1.29 is 0 Å². The molecule has 0 aliphatic heterocycles.